The molecule has 0 radical (unpaired) electrons. The third-order valence-electron chi connectivity index (χ3n) is 5.71. The van der Waals surface area contributed by atoms with Gasteiger partial charge in [0.15, 0.2) is 0 Å². The Bertz CT molecular complexity index is 693. The van der Waals surface area contributed by atoms with Gasteiger partial charge in [-0.15, -0.1) is 11.3 Å². The number of aromatic nitrogens is 2. The van der Waals surface area contributed by atoms with Crippen LogP contribution >= 0.6 is 11.3 Å². The average molecular weight is 346 g/mol. The van der Waals surface area contributed by atoms with Crippen LogP contribution in [0.5, 0.6) is 0 Å². The molecule has 2 aliphatic rings. The van der Waals surface area contributed by atoms with Crippen molar-refractivity contribution in [1.82, 2.24) is 14.5 Å². The normalized spacial score (nSPS) is 30.1. The fraction of sp³-hybridized carbons (Fsp3) is 0.632. The van der Waals surface area contributed by atoms with E-state index in [0.717, 1.165) is 25.2 Å². The Morgan fingerprint density at radius 1 is 1.25 bits per heavy atom. The van der Waals surface area contributed by atoms with Gasteiger partial charge in [-0.1, -0.05) is 13.3 Å². The van der Waals surface area contributed by atoms with Gasteiger partial charge in [0.05, 0.1) is 0 Å². The number of imidazole rings is 1. The van der Waals surface area contributed by atoms with Crippen molar-refractivity contribution >= 4 is 11.3 Å². The molecule has 1 N–H and O–H groups in total. The maximum absolute atomic E-state index is 11.2. The van der Waals surface area contributed by atoms with Crippen molar-refractivity contribution in [2.75, 3.05) is 0 Å². The third kappa shape index (κ3) is 2.83. The molecule has 0 unspecified atom stereocenters. The van der Waals surface area contributed by atoms with Gasteiger partial charge in [0.1, 0.15) is 11.4 Å². The summed E-state index contributed by atoms with van der Waals surface area (Å²) in [5.41, 5.74) is -0.761. The van der Waals surface area contributed by atoms with E-state index in [-0.39, 0.29) is 0 Å². The summed E-state index contributed by atoms with van der Waals surface area (Å²) in [6.45, 7) is 3.28. The standard InChI is InChI=1S/C19H27N3OS/c1-3-4-16-7-8-17(24-16)13-22-14-5-6-15(22)12-19(23,11-14)18-20-9-10-21(18)2/h7-10,14-15,23H,3-6,11-13H2,1-2H3/t14-,15-/m0/s1. The number of aliphatic hydroxyl groups is 1. The number of piperidine rings is 1. The van der Waals surface area contributed by atoms with Gasteiger partial charge in [-0.05, 0) is 44.2 Å². The van der Waals surface area contributed by atoms with Crippen LogP contribution in [0.2, 0.25) is 0 Å². The molecule has 4 nitrogen and oxygen atoms in total. The Balaban J connectivity index is 1.49. The van der Waals surface area contributed by atoms with Gasteiger partial charge >= 0.3 is 0 Å². The zero-order valence-corrected chi connectivity index (χ0v) is 15.4. The minimum Gasteiger partial charge on any atom is -0.382 e. The van der Waals surface area contributed by atoms with Gasteiger partial charge in [0.2, 0.25) is 0 Å². The lowest BCUT2D eigenvalue weighted by Crippen LogP contribution is -2.49. The summed E-state index contributed by atoms with van der Waals surface area (Å²) < 4.78 is 1.98. The van der Waals surface area contributed by atoms with Gasteiger partial charge in [-0.3, -0.25) is 4.90 Å². The van der Waals surface area contributed by atoms with Crippen molar-refractivity contribution in [3.05, 3.63) is 40.1 Å². The van der Waals surface area contributed by atoms with E-state index in [0.29, 0.717) is 12.1 Å². The van der Waals surface area contributed by atoms with E-state index in [1.165, 1.54) is 35.4 Å². The van der Waals surface area contributed by atoms with Crippen molar-refractivity contribution in [2.45, 2.75) is 69.7 Å². The predicted molar refractivity (Wildman–Crippen MR) is 97.0 cm³/mol. The number of hydrogen-bond donors (Lipinski definition) is 1. The van der Waals surface area contributed by atoms with E-state index in [1.807, 2.05) is 29.1 Å². The molecule has 2 fully saturated rings. The predicted octanol–water partition coefficient (Wildman–Crippen LogP) is 3.45. The summed E-state index contributed by atoms with van der Waals surface area (Å²) in [6, 6.07) is 5.54. The summed E-state index contributed by atoms with van der Waals surface area (Å²) in [5.74, 6) is 0.834. The molecule has 4 heterocycles. The number of fused-ring (bicyclic) bond motifs is 2. The van der Waals surface area contributed by atoms with Crippen molar-refractivity contribution < 1.29 is 5.11 Å². The largest absolute Gasteiger partial charge is 0.382 e. The molecule has 0 spiro atoms. The number of thiophene rings is 1. The second-order valence-corrected chi connectivity index (χ2v) is 8.73. The molecule has 24 heavy (non-hydrogen) atoms. The number of nitrogens with zero attached hydrogens (tertiary/aromatic N) is 3. The smallest absolute Gasteiger partial charge is 0.140 e. The molecule has 0 saturated carbocycles. The zero-order chi connectivity index (χ0) is 16.7. The summed E-state index contributed by atoms with van der Waals surface area (Å²) in [6.07, 6.45) is 10.1. The second kappa shape index (κ2) is 6.28. The SMILES string of the molecule is CCCc1ccc(CN2[C@H]3CC[C@H]2CC(O)(c2nccn2C)C3)s1. The Morgan fingerprint density at radius 2 is 1.96 bits per heavy atom. The molecule has 0 aromatic carbocycles. The first-order valence-corrected chi connectivity index (χ1v) is 9.94. The van der Waals surface area contributed by atoms with Crippen LogP contribution in [0.3, 0.4) is 0 Å². The third-order valence-corrected chi connectivity index (χ3v) is 6.84. The van der Waals surface area contributed by atoms with Gasteiger partial charge < -0.3 is 9.67 Å². The van der Waals surface area contributed by atoms with Crippen molar-refractivity contribution in [2.24, 2.45) is 7.05 Å². The van der Waals surface area contributed by atoms with Crippen LogP contribution in [0.4, 0.5) is 0 Å². The van der Waals surface area contributed by atoms with Crippen molar-refractivity contribution in [3.63, 3.8) is 0 Å². The minimum atomic E-state index is -0.761. The minimum absolute atomic E-state index is 0.474. The first-order valence-electron chi connectivity index (χ1n) is 9.12. The van der Waals surface area contributed by atoms with Crippen LogP contribution < -0.4 is 0 Å². The number of hydrogen-bond acceptors (Lipinski definition) is 4. The topological polar surface area (TPSA) is 41.3 Å². The van der Waals surface area contributed by atoms with Gasteiger partial charge in [-0.25, -0.2) is 4.98 Å². The van der Waals surface area contributed by atoms with Crippen molar-refractivity contribution in [1.29, 1.82) is 0 Å². The highest BCUT2D eigenvalue weighted by Crippen LogP contribution is 2.46. The monoisotopic (exact) mass is 345 g/mol. The first kappa shape index (κ1) is 16.3. The summed E-state index contributed by atoms with van der Waals surface area (Å²) in [5, 5.41) is 11.2. The van der Waals surface area contributed by atoms with Crippen molar-refractivity contribution in [3.8, 4) is 0 Å². The first-order chi connectivity index (χ1) is 11.6. The van der Waals surface area contributed by atoms with Crippen LogP contribution in [0.25, 0.3) is 0 Å². The number of aryl methyl sites for hydroxylation is 2. The lowest BCUT2D eigenvalue weighted by molar-refractivity contribution is -0.0667. The Hall–Kier alpha value is -1.17. The van der Waals surface area contributed by atoms with Crippen LogP contribution in [-0.2, 0) is 25.6 Å². The summed E-state index contributed by atoms with van der Waals surface area (Å²) >= 11 is 1.96. The molecule has 2 atom stereocenters. The molecule has 0 aliphatic carbocycles. The van der Waals surface area contributed by atoms with E-state index in [2.05, 4.69) is 28.9 Å². The number of rotatable bonds is 5. The Labute approximate surface area is 148 Å². The zero-order valence-electron chi connectivity index (χ0n) is 14.6. The van der Waals surface area contributed by atoms with E-state index >= 15 is 0 Å². The molecule has 130 valence electrons. The molecule has 5 heteroatoms. The molecule has 2 aromatic rings. The molecule has 4 rings (SSSR count). The van der Waals surface area contributed by atoms with Crippen LogP contribution in [-0.4, -0.2) is 31.6 Å². The highest BCUT2D eigenvalue weighted by atomic mass is 32.1. The molecule has 2 bridgehead atoms. The quantitative estimate of drug-likeness (QED) is 0.902. The fourth-order valence-electron chi connectivity index (χ4n) is 4.64. The maximum Gasteiger partial charge on any atom is 0.140 e. The molecule has 2 aliphatic heterocycles. The van der Waals surface area contributed by atoms with Crippen LogP contribution in [0.15, 0.2) is 24.5 Å². The van der Waals surface area contributed by atoms with Gasteiger partial charge in [0, 0.05) is 47.8 Å². The highest BCUT2D eigenvalue weighted by Gasteiger charge is 2.49. The highest BCUT2D eigenvalue weighted by molar-refractivity contribution is 7.11. The Kier molecular flexibility index (Phi) is 4.27. The van der Waals surface area contributed by atoms with Crippen LogP contribution in [0.1, 0.15) is 54.6 Å². The van der Waals surface area contributed by atoms with E-state index in [4.69, 9.17) is 0 Å². The molecule has 0 amide bonds. The summed E-state index contributed by atoms with van der Waals surface area (Å²) in [7, 11) is 1.98. The van der Waals surface area contributed by atoms with E-state index < -0.39 is 5.60 Å². The van der Waals surface area contributed by atoms with Crippen LogP contribution in [0, 0.1) is 0 Å². The Morgan fingerprint density at radius 3 is 2.58 bits per heavy atom. The lowest BCUT2D eigenvalue weighted by atomic mass is 9.85. The second-order valence-electron chi connectivity index (χ2n) is 7.48. The lowest BCUT2D eigenvalue weighted by Gasteiger charge is -2.43. The average Bonchev–Trinajstić information content (AvgIpc) is 3.22. The molecule has 2 saturated heterocycles. The summed E-state index contributed by atoms with van der Waals surface area (Å²) in [4.78, 5) is 10.0. The van der Waals surface area contributed by atoms with E-state index in [9.17, 15) is 5.11 Å². The maximum atomic E-state index is 11.2. The van der Waals surface area contributed by atoms with E-state index in [1.54, 1.807) is 6.20 Å². The molecular formula is C19H27N3OS. The van der Waals surface area contributed by atoms with Gasteiger partial charge in [-0.2, -0.15) is 0 Å². The molecular weight excluding hydrogens is 318 g/mol. The molecule has 2 aromatic heterocycles. The fourth-order valence-corrected chi connectivity index (χ4v) is 5.77. The van der Waals surface area contributed by atoms with Gasteiger partial charge in [0.25, 0.3) is 0 Å².